The number of aromatic nitrogens is 4. The Morgan fingerprint density at radius 2 is 1.71 bits per heavy atom. The number of aryl methyl sites for hydroxylation is 2. The van der Waals surface area contributed by atoms with Gasteiger partial charge in [-0.3, -0.25) is 0 Å². The highest BCUT2D eigenvalue weighted by molar-refractivity contribution is 5.55. The predicted molar refractivity (Wildman–Crippen MR) is 71.7 cm³/mol. The molecule has 0 amide bonds. The first kappa shape index (κ1) is 15.3. The second-order valence-corrected chi connectivity index (χ2v) is 3.00. The summed E-state index contributed by atoms with van der Waals surface area (Å²) in [5.41, 5.74) is 2.26. The van der Waals surface area contributed by atoms with E-state index in [-0.39, 0.29) is 0 Å². The Bertz CT molecular complexity index is 421. The molecule has 0 saturated heterocycles. The van der Waals surface area contributed by atoms with Crippen LogP contribution >= 0.6 is 0 Å². The molecule has 1 heterocycles. The van der Waals surface area contributed by atoms with Crippen LogP contribution in [-0.2, 0) is 7.05 Å². The van der Waals surface area contributed by atoms with E-state index in [1.54, 1.807) is 4.68 Å². The molecule has 4 heteroatoms. The van der Waals surface area contributed by atoms with E-state index < -0.39 is 0 Å². The second kappa shape index (κ2) is 8.44. The zero-order valence-electron chi connectivity index (χ0n) is 11.6. The van der Waals surface area contributed by atoms with Crippen LogP contribution in [0.15, 0.2) is 24.3 Å². The molecule has 0 aliphatic carbocycles. The first-order chi connectivity index (χ1) is 8.27. The first-order valence-electron chi connectivity index (χ1n) is 6.07. The zero-order valence-corrected chi connectivity index (χ0v) is 11.6. The van der Waals surface area contributed by atoms with Crippen LogP contribution in [0.2, 0.25) is 0 Å². The van der Waals surface area contributed by atoms with Gasteiger partial charge in [0.1, 0.15) is 0 Å². The summed E-state index contributed by atoms with van der Waals surface area (Å²) in [6, 6.07) is 8.11. The number of hydrogen-bond acceptors (Lipinski definition) is 3. The van der Waals surface area contributed by atoms with Gasteiger partial charge in [0.2, 0.25) is 0 Å². The molecule has 4 nitrogen and oxygen atoms in total. The van der Waals surface area contributed by atoms with Gasteiger partial charge >= 0.3 is 0 Å². The summed E-state index contributed by atoms with van der Waals surface area (Å²) in [6.07, 6.45) is 0. The van der Waals surface area contributed by atoms with Gasteiger partial charge < -0.3 is 0 Å². The Morgan fingerprint density at radius 3 is 2.18 bits per heavy atom. The van der Waals surface area contributed by atoms with Gasteiger partial charge in [-0.25, -0.2) is 4.68 Å². The fourth-order valence-electron chi connectivity index (χ4n) is 1.26. The van der Waals surface area contributed by atoms with Gasteiger partial charge in [-0.1, -0.05) is 51.5 Å². The molecule has 0 fully saturated rings. The summed E-state index contributed by atoms with van der Waals surface area (Å²) in [5, 5.41) is 11.3. The molecule has 94 valence electrons. The Morgan fingerprint density at radius 1 is 1.06 bits per heavy atom. The molecule has 17 heavy (non-hydrogen) atoms. The standard InChI is InChI=1S/C9H10N4.2C2H6/c1-7-4-3-5-8(6-7)9-10-11-12-13(9)2;2*1-2/h3-6H,1-2H3;2*1-2H3. The van der Waals surface area contributed by atoms with E-state index >= 15 is 0 Å². The lowest BCUT2D eigenvalue weighted by Gasteiger charge is -1.99. The minimum Gasteiger partial charge on any atom is -0.229 e. The number of tetrazole rings is 1. The van der Waals surface area contributed by atoms with E-state index in [9.17, 15) is 0 Å². The van der Waals surface area contributed by atoms with Crippen molar-refractivity contribution in [2.45, 2.75) is 34.6 Å². The topological polar surface area (TPSA) is 43.6 Å². The molecular weight excluding hydrogens is 212 g/mol. The van der Waals surface area contributed by atoms with Gasteiger partial charge in [-0.15, -0.1) is 5.10 Å². The highest BCUT2D eigenvalue weighted by atomic mass is 15.5. The van der Waals surface area contributed by atoms with E-state index in [0.717, 1.165) is 11.4 Å². The summed E-state index contributed by atoms with van der Waals surface area (Å²) in [5.74, 6) is 0.795. The Balaban J connectivity index is 0.000000581. The van der Waals surface area contributed by atoms with E-state index in [1.807, 2.05) is 59.9 Å². The Labute approximate surface area is 104 Å². The van der Waals surface area contributed by atoms with Gasteiger partial charge in [0.25, 0.3) is 0 Å². The van der Waals surface area contributed by atoms with Gasteiger partial charge in [0.05, 0.1) is 0 Å². The van der Waals surface area contributed by atoms with Crippen LogP contribution in [0.4, 0.5) is 0 Å². The van der Waals surface area contributed by atoms with E-state index in [2.05, 4.69) is 21.6 Å². The quantitative estimate of drug-likeness (QED) is 0.760. The monoisotopic (exact) mass is 234 g/mol. The third-order valence-electron chi connectivity index (χ3n) is 1.90. The first-order valence-corrected chi connectivity index (χ1v) is 6.07. The maximum atomic E-state index is 3.93. The van der Waals surface area contributed by atoms with Gasteiger partial charge in [0, 0.05) is 12.6 Å². The van der Waals surface area contributed by atoms with Crippen molar-refractivity contribution in [3.05, 3.63) is 29.8 Å². The molecule has 0 saturated carbocycles. The summed E-state index contributed by atoms with van der Waals surface area (Å²) in [6.45, 7) is 10.0. The molecule has 0 spiro atoms. The van der Waals surface area contributed by atoms with Crippen molar-refractivity contribution in [3.8, 4) is 11.4 Å². The van der Waals surface area contributed by atoms with Gasteiger partial charge in [-0.05, 0) is 23.4 Å². The van der Waals surface area contributed by atoms with Crippen molar-refractivity contribution >= 4 is 0 Å². The summed E-state index contributed by atoms with van der Waals surface area (Å²) in [7, 11) is 1.83. The van der Waals surface area contributed by atoms with Crippen molar-refractivity contribution in [1.82, 2.24) is 20.2 Å². The molecule has 0 unspecified atom stereocenters. The summed E-state index contributed by atoms with van der Waals surface area (Å²) >= 11 is 0. The third kappa shape index (κ3) is 4.34. The summed E-state index contributed by atoms with van der Waals surface area (Å²) < 4.78 is 1.66. The second-order valence-electron chi connectivity index (χ2n) is 3.00. The molecule has 0 radical (unpaired) electrons. The average Bonchev–Trinajstić information content (AvgIpc) is 2.81. The number of nitrogens with zero attached hydrogens (tertiary/aromatic N) is 4. The fraction of sp³-hybridized carbons (Fsp3) is 0.462. The minimum absolute atomic E-state index is 0.795. The summed E-state index contributed by atoms with van der Waals surface area (Å²) in [4.78, 5) is 0. The average molecular weight is 234 g/mol. The lowest BCUT2D eigenvalue weighted by atomic mass is 10.1. The van der Waals surface area contributed by atoms with E-state index in [1.165, 1.54) is 5.56 Å². The van der Waals surface area contributed by atoms with Gasteiger partial charge in [0.15, 0.2) is 5.82 Å². The highest BCUT2D eigenvalue weighted by Gasteiger charge is 2.04. The molecule has 2 aromatic rings. The number of benzene rings is 1. The highest BCUT2D eigenvalue weighted by Crippen LogP contribution is 2.15. The largest absolute Gasteiger partial charge is 0.229 e. The molecule has 1 aromatic carbocycles. The van der Waals surface area contributed by atoms with Crippen LogP contribution in [0.3, 0.4) is 0 Å². The Kier molecular flexibility index (Phi) is 7.59. The van der Waals surface area contributed by atoms with Crippen LogP contribution in [0.5, 0.6) is 0 Å². The molecular formula is C13H22N4. The Hall–Kier alpha value is -1.71. The molecule has 0 aliphatic rings. The maximum Gasteiger partial charge on any atom is 0.181 e. The normalized spacial score (nSPS) is 8.59. The van der Waals surface area contributed by atoms with E-state index in [0.29, 0.717) is 0 Å². The van der Waals surface area contributed by atoms with Crippen LogP contribution in [-0.4, -0.2) is 20.2 Å². The lowest BCUT2D eigenvalue weighted by molar-refractivity contribution is 0.714. The van der Waals surface area contributed by atoms with Crippen LogP contribution in [0.25, 0.3) is 11.4 Å². The van der Waals surface area contributed by atoms with Crippen molar-refractivity contribution in [3.63, 3.8) is 0 Å². The maximum absolute atomic E-state index is 3.93. The van der Waals surface area contributed by atoms with Crippen molar-refractivity contribution in [1.29, 1.82) is 0 Å². The molecule has 0 aliphatic heterocycles. The van der Waals surface area contributed by atoms with Crippen molar-refractivity contribution < 1.29 is 0 Å². The third-order valence-corrected chi connectivity index (χ3v) is 1.90. The smallest absolute Gasteiger partial charge is 0.181 e. The van der Waals surface area contributed by atoms with Gasteiger partial charge in [-0.2, -0.15) is 0 Å². The molecule has 0 bridgehead atoms. The molecule has 0 atom stereocenters. The number of rotatable bonds is 1. The minimum atomic E-state index is 0.795. The SMILES string of the molecule is CC.CC.Cc1cccc(-c2nnnn2C)c1. The molecule has 1 aromatic heterocycles. The van der Waals surface area contributed by atoms with Crippen molar-refractivity contribution in [2.24, 2.45) is 7.05 Å². The van der Waals surface area contributed by atoms with Crippen LogP contribution in [0, 0.1) is 6.92 Å². The van der Waals surface area contributed by atoms with Crippen molar-refractivity contribution in [2.75, 3.05) is 0 Å². The number of hydrogen-bond donors (Lipinski definition) is 0. The van der Waals surface area contributed by atoms with E-state index in [4.69, 9.17) is 0 Å². The van der Waals surface area contributed by atoms with Crippen LogP contribution in [0.1, 0.15) is 33.3 Å². The molecule has 2 rings (SSSR count). The van der Waals surface area contributed by atoms with Crippen LogP contribution < -0.4 is 0 Å². The lowest BCUT2D eigenvalue weighted by Crippen LogP contribution is -1.94. The molecule has 0 N–H and O–H groups in total. The predicted octanol–water partition coefficient (Wildman–Crippen LogP) is 3.24. The zero-order chi connectivity index (χ0) is 13.3. The fourth-order valence-corrected chi connectivity index (χ4v) is 1.26.